The van der Waals surface area contributed by atoms with Crippen molar-refractivity contribution < 1.29 is 9.68 Å². The van der Waals surface area contributed by atoms with Crippen molar-refractivity contribution in [2.75, 3.05) is 0 Å². The minimum atomic E-state index is 0.550. The fraction of sp³-hybridized carbons (Fsp3) is 0.0333. The standard InChI is InChI=1S/C30H21BNO2/c1-20-6-10-22(11-7-20)25-16-26(18-27(17-25)34-31-33)30-28-5-3-2-4-23(28)14-15-29(30)24-12-8-21(19-32)9-13-24/h2-18,33H,1H3. The summed E-state index contributed by atoms with van der Waals surface area (Å²) >= 11 is 0. The second-order valence-electron chi connectivity index (χ2n) is 8.23. The van der Waals surface area contributed by atoms with E-state index in [2.05, 4.69) is 67.6 Å². The van der Waals surface area contributed by atoms with Gasteiger partial charge in [0.1, 0.15) is 5.75 Å². The number of aryl methyl sites for hydroxylation is 1. The molecule has 3 nitrogen and oxygen atoms in total. The molecule has 5 aromatic rings. The van der Waals surface area contributed by atoms with Gasteiger partial charge >= 0.3 is 7.69 Å². The van der Waals surface area contributed by atoms with E-state index in [1.165, 1.54) is 5.56 Å². The number of fused-ring (bicyclic) bond motifs is 1. The topological polar surface area (TPSA) is 53.2 Å². The summed E-state index contributed by atoms with van der Waals surface area (Å²) in [6.45, 7) is 2.06. The van der Waals surface area contributed by atoms with Gasteiger partial charge in [-0.25, -0.2) is 0 Å². The van der Waals surface area contributed by atoms with Crippen molar-refractivity contribution in [3.8, 4) is 45.2 Å². The Bertz CT molecular complexity index is 1520. The van der Waals surface area contributed by atoms with Crippen molar-refractivity contribution in [2.45, 2.75) is 6.92 Å². The lowest BCUT2D eigenvalue weighted by atomic mass is 9.88. The van der Waals surface area contributed by atoms with Gasteiger partial charge in [0.2, 0.25) is 0 Å². The van der Waals surface area contributed by atoms with Crippen LogP contribution in [0.25, 0.3) is 44.2 Å². The van der Waals surface area contributed by atoms with Gasteiger partial charge in [-0.05, 0) is 81.4 Å². The number of benzene rings is 5. The zero-order valence-corrected chi connectivity index (χ0v) is 18.7. The summed E-state index contributed by atoms with van der Waals surface area (Å²) < 4.78 is 5.44. The van der Waals surface area contributed by atoms with Crippen LogP contribution in [0.2, 0.25) is 0 Å². The highest BCUT2D eigenvalue weighted by atomic mass is 16.5. The summed E-state index contributed by atoms with van der Waals surface area (Å²) in [5.74, 6) is 0.550. The Morgan fingerprint density at radius 3 is 2.18 bits per heavy atom. The van der Waals surface area contributed by atoms with Crippen LogP contribution in [0.1, 0.15) is 11.1 Å². The Hall–Kier alpha value is -4.33. The maximum absolute atomic E-state index is 9.36. The van der Waals surface area contributed by atoms with Gasteiger partial charge in [-0.1, -0.05) is 78.4 Å². The molecule has 0 saturated carbocycles. The molecule has 0 unspecified atom stereocenters. The van der Waals surface area contributed by atoms with Crippen molar-refractivity contribution in [3.63, 3.8) is 0 Å². The van der Waals surface area contributed by atoms with E-state index in [0.29, 0.717) is 19.0 Å². The molecule has 0 saturated heterocycles. The highest BCUT2D eigenvalue weighted by Crippen LogP contribution is 2.41. The quantitative estimate of drug-likeness (QED) is 0.303. The van der Waals surface area contributed by atoms with Crippen LogP contribution in [-0.4, -0.2) is 12.7 Å². The number of hydrogen-bond acceptors (Lipinski definition) is 3. The fourth-order valence-corrected chi connectivity index (χ4v) is 4.33. The van der Waals surface area contributed by atoms with E-state index in [1.807, 2.05) is 48.5 Å². The Morgan fingerprint density at radius 2 is 1.44 bits per heavy atom. The van der Waals surface area contributed by atoms with Gasteiger partial charge < -0.3 is 9.68 Å². The van der Waals surface area contributed by atoms with Gasteiger partial charge in [0, 0.05) is 0 Å². The SMILES string of the molecule is Cc1ccc(-c2cc(O[B]O)cc(-c3c(-c4ccc(C#N)cc4)ccc4ccccc34)c2)cc1. The smallest absolute Gasteiger partial charge is 0.537 e. The average Bonchev–Trinajstić information content (AvgIpc) is 2.88. The molecule has 0 spiro atoms. The first-order valence-electron chi connectivity index (χ1n) is 11.0. The molecule has 34 heavy (non-hydrogen) atoms. The Balaban J connectivity index is 1.79. The zero-order chi connectivity index (χ0) is 23.5. The molecular weight excluding hydrogens is 417 g/mol. The summed E-state index contributed by atoms with van der Waals surface area (Å²) in [5, 5.41) is 20.8. The molecule has 0 aliphatic carbocycles. The van der Waals surface area contributed by atoms with E-state index in [-0.39, 0.29) is 0 Å². The van der Waals surface area contributed by atoms with Crippen LogP contribution >= 0.6 is 0 Å². The maximum atomic E-state index is 9.36. The summed E-state index contributed by atoms with van der Waals surface area (Å²) in [4.78, 5) is 0. The highest BCUT2D eigenvalue weighted by Gasteiger charge is 2.15. The summed E-state index contributed by atoms with van der Waals surface area (Å²) in [7, 11) is 0.711. The molecule has 0 amide bonds. The molecule has 5 rings (SSSR count). The van der Waals surface area contributed by atoms with Crippen molar-refractivity contribution in [1.82, 2.24) is 0 Å². The van der Waals surface area contributed by atoms with E-state index in [4.69, 9.17) is 4.65 Å². The third-order valence-corrected chi connectivity index (χ3v) is 6.02. The molecule has 0 heterocycles. The minimum Gasteiger partial charge on any atom is -0.537 e. The lowest BCUT2D eigenvalue weighted by Gasteiger charge is -2.17. The lowest BCUT2D eigenvalue weighted by molar-refractivity contribution is 0.454. The molecule has 0 bridgehead atoms. The average molecular weight is 438 g/mol. The van der Waals surface area contributed by atoms with Crippen LogP contribution < -0.4 is 4.65 Å². The van der Waals surface area contributed by atoms with Crippen LogP contribution in [0.5, 0.6) is 5.75 Å². The van der Waals surface area contributed by atoms with Crippen LogP contribution in [0, 0.1) is 18.3 Å². The molecule has 0 atom stereocenters. The molecule has 1 N–H and O–H groups in total. The van der Waals surface area contributed by atoms with E-state index >= 15 is 0 Å². The Kier molecular flexibility index (Phi) is 5.87. The maximum Gasteiger partial charge on any atom is 0.569 e. The predicted octanol–water partition coefficient (Wildman–Crippen LogP) is 6.93. The van der Waals surface area contributed by atoms with Gasteiger partial charge in [-0.3, -0.25) is 0 Å². The first-order chi connectivity index (χ1) is 16.7. The van der Waals surface area contributed by atoms with Crippen LogP contribution in [-0.2, 0) is 0 Å². The monoisotopic (exact) mass is 438 g/mol. The third kappa shape index (κ3) is 4.18. The van der Waals surface area contributed by atoms with Crippen molar-refractivity contribution >= 4 is 18.5 Å². The number of rotatable bonds is 5. The molecule has 0 fully saturated rings. The molecule has 161 valence electrons. The summed E-state index contributed by atoms with van der Waals surface area (Å²) in [6.07, 6.45) is 0. The normalized spacial score (nSPS) is 10.6. The van der Waals surface area contributed by atoms with Crippen molar-refractivity contribution in [2.24, 2.45) is 0 Å². The zero-order valence-electron chi connectivity index (χ0n) is 18.7. The number of nitriles is 1. The van der Waals surface area contributed by atoms with E-state index in [9.17, 15) is 10.3 Å². The Labute approximate surface area is 199 Å². The first kappa shape index (κ1) is 21.5. The summed E-state index contributed by atoms with van der Waals surface area (Å²) in [6, 6.07) is 36.7. The van der Waals surface area contributed by atoms with Crippen molar-refractivity contribution in [3.05, 3.63) is 114 Å². The van der Waals surface area contributed by atoms with E-state index in [1.54, 1.807) is 0 Å². The second-order valence-corrected chi connectivity index (χ2v) is 8.23. The fourth-order valence-electron chi connectivity index (χ4n) is 4.33. The van der Waals surface area contributed by atoms with Gasteiger partial charge in [-0.15, -0.1) is 0 Å². The van der Waals surface area contributed by atoms with Crippen molar-refractivity contribution in [1.29, 1.82) is 5.26 Å². The third-order valence-electron chi connectivity index (χ3n) is 6.02. The van der Waals surface area contributed by atoms with Gasteiger partial charge in [0.15, 0.2) is 0 Å². The lowest BCUT2D eigenvalue weighted by Crippen LogP contribution is -2.00. The molecule has 4 heteroatoms. The van der Waals surface area contributed by atoms with Gasteiger partial charge in [-0.2, -0.15) is 5.26 Å². The second kappa shape index (κ2) is 9.27. The molecule has 0 aliphatic heterocycles. The van der Waals surface area contributed by atoms with Gasteiger partial charge in [0.05, 0.1) is 11.6 Å². The number of nitrogens with zero attached hydrogens (tertiary/aromatic N) is 1. The molecule has 0 aromatic heterocycles. The molecule has 0 aliphatic rings. The molecule has 1 radical (unpaired) electrons. The predicted molar refractivity (Wildman–Crippen MR) is 138 cm³/mol. The number of hydrogen-bond donors (Lipinski definition) is 1. The minimum absolute atomic E-state index is 0.550. The van der Waals surface area contributed by atoms with E-state index in [0.717, 1.165) is 44.2 Å². The van der Waals surface area contributed by atoms with Crippen LogP contribution in [0.4, 0.5) is 0 Å². The Morgan fingerprint density at radius 1 is 0.735 bits per heavy atom. The molecule has 5 aromatic carbocycles. The van der Waals surface area contributed by atoms with Crippen LogP contribution in [0.3, 0.4) is 0 Å². The molecular formula is C30H21BNO2. The summed E-state index contributed by atoms with van der Waals surface area (Å²) in [5.41, 5.74) is 8.01. The van der Waals surface area contributed by atoms with Gasteiger partial charge in [0.25, 0.3) is 0 Å². The van der Waals surface area contributed by atoms with E-state index < -0.39 is 0 Å². The first-order valence-corrected chi connectivity index (χ1v) is 11.0. The highest BCUT2D eigenvalue weighted by molar-refractivity contribution is 6.17. The largest absolute Gasteiger partial charge is 0.569 e. The van der Waals surface area contributed by atoms with Crippen LogP contribution in [0.15, 0.2) is 103 Å².